The van der Waals surface area contributed by atoms with Crippen molar-refractivity contribution in [3.63, 3.8) is 0 Å². The van der Waals surface area contributed by atoms with Gasteiger partial charge in [0.1, 0.15) is 17.4 Å². The Morgan fingerprint density at radius 1 is 0.935 bits per heavy atom. The van der Waals surface area contributed by atoms with Gasteiger partial charge in [0.15, 0.2) is 0 Å². The lowest BCUT2D eigenvalue weighted by Gasteiger charge is -2.38. The topological polar surface area (TPSA) is 151 Å². The first-order chi connectivity index (χ1) is 29.8. The zero-order valence-corrected chi connectivity index (χ0v) is 34.5. The highest BCUT2D eigenvalue weighted by atomic mass is 19.4. The number of carbonyl (C=O) groups is 4. The highest BCUT2D eigenvalue weighted by Crippen LogP contribution is 2.43. The number of piperidine rings is 2. The molecule has 6 aliphatic rings. The molecule has 4 amide bonds. The molecule has 2 aromatic carbocycles. The minimum atomic E-state index is -4.69. The average Bonchev–Trinajstić information content (AvgIpc) is 4.04. The van der Waals surface area contributed by atoms with E-state index in [9.17, 15) is 37.1 Å². The number of rotatable bonds is 8. The molecule has 0 radical (unpaired) electrons. The number of amides is 4. The Bertz CT molecular complexity index is 2540. The van der Waals surface area contributed by atoms with Gasteiger partial charge >= 0.3 is 11.9 Å². The number of para-hydroxylation sites is 1. The number of anilines is 2. The van der Waals surface area contributed by atoms with Crippen LogP contribution in [0, 0.1) is 5.92 Å². The molecule has 10 rings (SSSR count). The van der Waals surface area contributed by atoms with E-state index in [-0.39, 0.29) is 53.7 Å². The van der Waals surface area contributed by atoms with Crippen LogP contribution in [-0.2, 0) is 34.1 Å². The van der Waals surface area contributed by atoms with E-state index in [0.29, 0.717) is 49.0 Å². The summed E-state index contributed by atoms with van der Waals surface area (Å²) in [6, 6.07) is 12.3. The van der Waals surface area contributed by atoms with Crippen molar-refractivity contribution in [3.05, 3.63) is 87.1 Å². The molecule has 14 nitrogen and oxygen atoms in total. The maximum absolute atomic E-state index is 14.1. The molecule has 5 fully saturated rings. The first-order valence-corrected chi connectivity index (χ1v) is 21.8. The fourth-order valence-electron chi connectivity index (χ4n) is 11.1. The van der Waals surface area contributed by atoms with Crippen molar-refractivity contribution in [2.45, 2.75) is 101 Å². The van der Waals surface area contributed by atoms with Crippen LogP contribution in [0.15, 0.2) is 53.3 Å². The van der Waals surface area contributed by atoms with Crippen molar-refractivity contribution < 1.29 is 37.1 Å². The zero-order chi connectivity index (χ0) is 43.0. The van der Waals surface area contributed by atoms with E-state index in [1.54, 1.807) is 16.2 Å². The number of fused-ring (bicyclic) bond motifs is 4. The number of halogens is 3. The number of carbonyl (C=O) groups excluding carboxylic acids is 4. The molecule has 1 aliphatic carbocycles. The van der Waals surface area contributed by atoms with Gasteiger partial charge in [-0.25, -0.2) is 9.78 Å². The summed E-state index contributed by atoms with van der Waals surface area (Å²) in [6.07, 6.45) is 2.30. The SMILES string of the molecule is Cn1c(=O)n(C2CCC(=O)NC2=O)c2cccc(C3CCN(CC4CCC(N5Cc6cc(NC(=O)c7cccc(C(F)(F)F)n7)c(N7C[C@H]8C[C@@H]7CO8)cc6C5=O)CC4)CC3)c21. The largest absolute Gasteiger partial charge is 0.433 e. The highest BCUT2D eigenvalue weighted by Gasteiger charge is 2.43. The number of imide groups is 1. The van der Waals surface area contributed by atoms with Crippen LogP contribution >= 0.6 is 0 Å². The van der Waals surface area contributed by atoms with Crippen molar-refractivity contribution >= 4 is 46.0 Å². The first-order valence-electron chi connectivity index (χ1n) is 21.8. The predicted molar refractivity (Wildman–Crippen MR) is 222 cm³/mol. The van der Waals surface area contributed by atoms with Crippen LogP contribution in [0.4, 0.5) is 24.5 Å². The molecule has 62 heavy (non-hydrogen) atoms. The number of hydrogen-bond donors (Lipinski definition) is 2. The molecule has 4 aromatic rings. The van der Waals surface area contributed by atoms with Crippen LogP contribution in [0.25, 0.3) is 11.0 Å². The molecular weight excluding hydrogens is 806 g/mol. The molecule has 0 spiro atoms. The lowest BCUT2D eigenvalue weighted by Crippen LogP contribution is -2.44. The quantitative estimate of drug-likeness (QED) is 0.224. The summed E-state index contributed by atoms with van der Waals surface area (Å²) in [5.41, 5.74) is 3.40. The minimum Gasteiger partial charge on any atom is -0.374 e. The van der Waals surface area contributed by atoms with Gasteiger partial charge in [-0.3, -0.25) is 33.6 Å². The zero-order valence-electron chi connectivity index (χ0n) is 34.5. The summed E-state index contributed by atoms with van der Waals surface area (Å²) < 4.78 is 49.3. The summed E-state index contributed by atoms with van der Waals surface area (Å²) in [5.74, 6) is -0.787. The van der Waals surface area contributed by atoms with Gasteiger partial charge in [-0.05, 0) is 118 Å². The summed E-state index contributed by atoms with van der Waals surface area (Å²) in [6.45, 7) is 4.35. The molecule has 2 aromatic heterocycles. The molecule has 3 atom stereocenters. The third kappa shape index (κ3) is 7.25. The Morgan fingerprint density at radius 2 is 1.71 bits per heavy atom. The number of aromatic nitrogens is 3. The van der Waals surface area contributed by atoms with Gasteiger partial charge in [0, 0.05) is 44.7 Å². The minimum absolute atomic E-state index is 0.0362. The monoisotopic (exact) mass is 854 g/mol. The second-order valence-corrected chi connectivity index (χ2v) is 18.0. The molecule has 1 unspecified atom stereocenters. The van der Waals surface area contributed by atoms with Crippen LogP contribution in [0.2, 0.25) is 0 Å². The number of likely N-dealkylation sites (tertiary alicyclic amines) is 1. The van der Waals surface area contributed by atoms with E-state index >= 15 is 0 Å². The van der Waals surface area contributed by atoms with Gasteiger partial charge < -0.3 is 24.8 Å². The number of nitrogens with one attached hydrogen (secondary N) is 2. The maximum Gasteiger partial charge on any atom is 0.433 e. The standard InChI is InChI=1S/C45H49F3N8O6/c1-52-40-31(4-2-6-35(40)56(44(52)61)36-12-13-39(57)51-42(36)59)26-14-16-53(17-15-26)21-25-8-10-28(11-9-25)55-22-27-18-34(50-41(58)33-5-3-7-38(49-33)45(46,47)48)37(20-32(27)43(55)60)54-23-30-19-29(54)24-62-30/h2-7,18,20,25-26,28-30,36H,8-17,19,21-24H2,1H3,(H,50,58)(H,51,57,59)/t25?,28?,29-,30-,36?/m1/s1. The summed E-state index contributed by atoms with van der Waals surface area (Å²) in [4.78, 5) is 75.8. The number of imidazole rings is 1. The predicted octanol–water partition coefficient (Wildman–Crippen LogP) is 5.36. The molecule has 2 bridgehead atoms. The molecule has 1 saturated carbocycles. The number of aryl methyl sites for hydroxylation is 1. The van der Waals surface area contributed by atoms with Crippen LogP contribution in [0.1, 0.15) is 107 Å². The van der Waals surface area contributed by atoms with Crippen LogP contribution in [-0.4, -0.2) is 98.5 Å². The second kappa shape index (κ2) is 15.7. The number of alkyl halides is 3. The highest BCUT2D eigenvalue weighted by molar-refractivity contribution is 6.07. The first kappa shape index (κ1) is 40.5. The smallest absolute Gasteiger partial charge is 0.374 e. The molecule has 17 heteroatoms. The second-order valence-electron chi connectivity index (χ2n) is 18.0. The van der Waals surface area contributed by atoms with Crippen molar-refractivity contribution in [1.82, 2.24) is 29.2 Å². The fourth-order valence-corrected chi connectivity index (χ4v) is 11.1. The van der Waals surface area contributed by atoms with E-state index in [4.69, 9.17) is 4.74 Å². The Kier molecular flexibility index (Phi) is 10.2. The Hall–Kier alpha value is -5.55. The summed E-state index contributed by atoms with van der Waals surface area (Å²) >= 11 is 0. The van der Waals surface area contributed by atoms with Crippen molar-refractivity contribution in [2.75, 3.05) is 43.0 Å². The third-order valence-corrected chi connectivity index (χ3v) is 14.2. The van der Waals surface area contributed by atoms with Gasteiger partial charge in [-0.2, -0.15) is 13.2 Å². The molecule has 4 saturated heterocycles. The van der Waals surface area contributed by atoms with Crippen LogP contribution in [0.3, 0.4) is 0 Å². The molecule has 326 valence electrons. The van der Waals surface area contributed by atoms with E-state index in [1.165, 1.54) is 12.1 Å². The molecule has 5 aliphatic heterocycles. The van der Waals surface area contributed by atoms with Gasteiger partial charge in [-0.1, -0.05) is 18.2 Å². The fraction of sp³-hybridized carbons (Fsp3) is 0.511. The lowest BCUT2D eigenvalue weighted by molar-refractivity contribution is -0.141. The van der Waals surface area contributed by atoms with Crippen molar-refractivity contribution in [3.8, 4) is 0 Å². The van der Waals surface area contributed by atoms with Gasteiger partial charge in [0.25, 0.3) is 11.8 Å². The van der Waals surface area contributed by atoms with E-state index in [2.05, 4.69) is 31.5 Å². The normalized spacial score (nSPS) is 25.8. The number of nitrogens with zero attached hydrogens (tertiary/aromatic N) is 6. The number of benzene rings is 2. The van der Waals surface area contributed by atoms with Gasteiger partial charge in [-0.15, -0.1) is 0 Å². The number of ether oxygens (including phenoxy) is 1. The summed E-state index contributed by atoms with van der Waals surface area (Å²) in [7, 11) is 1.75. The number of hydrogen-bond acceptors (Lipinski definition) is 9. The van der Waals surface area contributed by atoms with Crippen molar-refractivity contribution in [2.24, 2.45) is 13.0 Å². The Balaban J connectivity index is 0.779. The van der Waals surface area contributed by atoms with E-state index in [1.807, 2.05) is 29.2 Å². The third-order valence-electron chi connectivity index (χ3n) is 14.2. The van der Waals surface area contributed by atoms with Gasteiger partial charge in [0.05, 0.1) is 41.2 Å². The summed E-state index contributed by atoms with van der Waals surface area (Å²) in [5, 5.41) is 5.23. The maximum atomic E-state index is 14.1. The van der Waals surface area contributed by atoms with Crippen LogP contribution in [0.5, 0.6) is 0 Å². The molecule has 7 heterocycles. The Labute approximate surface area is 355 Å². The van der Waals surface area contributed by atoms with E-state index < -0.39 is 29.7 Å². The van der Waals surface area contributed by atoms with Crippen molar-refractivity contribution in [1.29, 1.82) is 0 Å². The van der Waals surface area contributed by atoms with Gasteiger partial charge in [0.2, 0.25) is 11.8 Å². The van der Waals surface area contributed by atoms with E-state index in [0.717, 1.165) is 92.8 Å². The average molecular weight is 855 g/mol. The molecular formula is C45H49F3N8O6. The Morgan fingerprint density at radius 3 is 2.42 bits per heavy atom. The molecule has 2 N–H and O–H groups in total. The van der Waals surface area contributed by atoms with Crippen LogP contribution < -0.4 is 21.2 Å². The number of pyridine rings is 1. The number of morpholine rings is 1. The lowest BCUT2D eigenvalue weighted by atomic mass is 9.83.